The van der Waals surface area contributed by atoms with Crippen molar-refractivity contribution in [3.05, 3.63) is 58.6 Å². The van der Waals surface area contributed by atoms with Crippen LogP contribution in [0.2, 0.25) is 0 Å². The molecule has 10 nitrogen and oxygen atoms in total. The van der Waals surface area contributed by atoms with E-state index in [1.165, 1.54) is 4.57 Å². The maximum atomic E-state index is 12.7. The van der Waals surface area contributed by atoms with Crippen molar-refractivity contribution >= 4 is 17.1 Å². The van der Waals surface area contributed by atoms with E-state index in [1.54, 1.807) is 49.6 Å². The van der Waals surface area contributed by atoms with Crippen LogP contribution in [0.1, 0.15) is 10.5 Å². The number of hydrogen-bond donors (Lipinski definition) is 2. The Hall–Kier alpha value is -4.34. The molecule has 0 radical (unpaired) electrons. The SMILES string of the molecule is COc1ccc(-c2nc(C(N)=O)c3[nH]c(=O)n(-c4ccc5c(c4)OCO5)c3n2)cc1. The fourth-order valence-electron chi connectivity index (χ4n) is 3.30. The zero-order valence-corrected chi connectivity index (χ0v) is 15.7. The molecule has 150 valence electrons. The van der Waals surface area contributed by atoms with Gasteiger partial charge in [-0.05, 0) is 36.4 Å². The van der Waals surface area contributed by atoms with Gasteiger partial charge in [0.1, 0.15) is 11.3 Å². The number of amides is 1. The minimum absolute atomic E-state index is 0.0811. The number of benzene rings is 2. The third-order valence-corrected chi connectivity index (χ3v) is 4.73. The van der Waals surface area contributed by atoms with Crippen molar-refractivity contribution in [2.75, 3.05) is 13.9 Å². The maximum absolute atomic E-state index is 12.7. The van der Waals surface area contributed by atoms with Crippen molar-refractivity contribution in [2.45, 2.75) is 0 Å². The summed E-state index contributed by atoms with van der Waals surface area (Å²) in [7, 11) is 1.56. The van der Waals surface area contributed by atoms with E-state index in [2.05, 4.69) is 15.0 Å². The summed E-state index contributed by atoms with van der Waals surface area (Å²) in [6, 6.07) is 12.0. The number of carbonyl (C=O) groups excluding carboxylic acids is 1. The van der Waals surface area contributed by atoms with Crippen LogP contribution in [0.15, 0.2) is 47.3 Å². The van der Waals surface area contributed by atoms with Gasteiger partial charge in [0.05, 0.1) is 12.8 Å². The molecule has 30 heavy (non-hydrogen) atoms. The van der Waals surface area contributed by atoms with E-state index in [0.717, 1.165) is 0 Å². The van der Waals surface area contributed by atoms with Gasteiger partial charge < -0.3 is 24.9 Å². The minimum atomic E-state index is -0.781. The summed E-state index contributed by atoms with van der Waals surface area (Å²) in [5.74, 6) is 1.21. The van der Waals surface area contributed by atoms with Gasteiger partial charge in [-0.15, -0.1) is 0 Å². The molecule has 0 saturated carbocycles. The summed E-state index contributed by atoms with van der Waals surface area (Å²) < 4.78 is 17.2. The number of methoxy groups -OCH3 is 1. The molecule has 2 aromatic heterocycles. The first-order valence-electron chi connectivity index (χ1n) is 8.92. The number of carbonyl (C=O) groups is 1. The van der Waals surface area contributed by atoms with E-state index in [0.29, 0.717) is 28.5 Å². The molecule has 0 atom stereocenters. The summed E-state index contributed by atoms with van der Waals surface area (Å²) in [5.41, 5.74) is 6.45. The van der Waals surface area contributed by atoms with Gasteiger partial charge in [-0.3, -0.25) is 4.79 Å². The van der Waals surface area contributed by atoms with Crippen LogP contribution in [-0.4, -0.2) is 39.3 Å². The molecule has 0 fully saturated rings. The van der Waals surface area contributed by atoms with Crippen molar-refractivity contribution < 1.29 is 19.0 Å². The first-order chi connectivity index (χ1) is 14.5. The zero-order chi connectivity index (χ0) is 20.8. The highest BCUT2D eigenvalue weighted by Gasteiger charge is 2.22. The number of nitrogens with zero attached hydrogens (tertiary/aromatic N) is 3. The molecule has 1 amide bonds. The third-order valence-electron chi connectivity index (χ3n) is 4.73. The Morgan fingerprint density at radius 3 is 2.63 bits per heavy atom. The molecule has 2 aromatic carbocycles. The second-order valence-electron chi connectivity index (χ2n) is 6.49. The number of primary amides is 1. The van der Waals surface area contributed by atoms with Gasteiger partial charge in [0.15, 0.2) is 28.7 Å². The molecule has 4 aromatic rings. The average Bonchev–Trinajstić information content (AvgIpc) is 3.35. The molecule has 0 aliphatic carbocycles. The van der Waals surface area contributed by atoms with Gasteiger partial charge in [-0.1, -0.05) is 0 Å². The molecule has 3 N–H and O–H groups in total. The van der Waals surface area contributed by atoms with Gasteiger partial charge in [-0.25, -0.2) is 19.3 Å². The molecular formula is C20H15N5O5. The van der Waals surface area contributed by atoms with E-state index in [1.807, 2.05) is 0 Å². The van der Waals surface area contributed by atoms with Crippen molar-refractivity contribution in [1.82, 2.24) is 19.5 Å². The molecule has 1 aliphatic heterocycles. The van der Waals surface area contributed by atoms with Gasteiger partial charge in [0.2, 0.25) is 6.79 Å². The third kappa shape index (κ3) is 2.73. The Morgan fingerprint density at radius 1 is 1.13 bits per heavy atom. The highest BCUT2D eigenvalue weighted by molar-refractivity contribution is 6.02. The van der Waals surface area contributed by atoms with Crippen LogP contribution < -0.4 is 25.6 Å². The molecule has 0 bridgehead atoms. The van der Waals surface area contributed by atoms with Gasteiger partial charge in [0, 0.05) is 11.6 Å². The van der Waals surface area contributed by atoms with E-state index in [-0.39, 0.29) is 29.5 Å². The number of fused-ring (bicyclic) bond motifs is 2. The largest absolute Gasteiger partial charge is 0.497 e. The summed E-state index contributed by atoms with van der Waals surface area (Å²) in [5, 5.41) is 0. The molecule has 3 heterocycles. The molecule has 0 saturated heterocycles. The highest BCUT2D eigenvalue weighted by atomic mass is 16.7. The average molecular weight is 405 g/mol. The topological polar surface area (TPSA) is 134 Å². The Labute approximate surface area is 168 Å². The zero-order valence-electron chi connectivity index (χ0n) is 15.7. The lowest BCUT2D eigenvalue weighted by Crippen LogP contribution is -2.15. The predicted octanol–water partition coefficient (Wildman–Crippen LogP) is 1.61. The Bertz CT molecular complexity index is 1360. The van der Waals surface area contributed by atoms with Crippen LogP contribution in [0, 0.1) is 0 Å². The van der Waals surface area contributed by atoms with E-state index in [4.69, 9.17) is 19.9 Å². The molecule has 10 heteroatoms. The number of nitrogens with two attached hydrogens (primary N) is 1. The van der Waals surface area contributed by atoms with Crippen LogP contribution in [0.3, 0.4) is 0 Å². The smallest absolute Gasteiger partial charge is 0.332 e. The van der Waals surface area contributed by atoms with Crippen molar-refractivity contribution in [3.8, 4) is 34.3 Å². The molecule has 5 rings (SSSR count). The van der Waals surface area contributed by atoms with Crippen LogP contribution in [-0.2, 0) is 0 Å². The van der Waals surface area contributed by atoms with Gasteiger partial charge >= 0.3 is 5.69 Å². The number of aromatic amines is 1. The second kappa shape index (κ2) is 6.62. The number of imidazole rings is 1. The summed E-state index contributed by atoms with van der Waals surface area (Å²) >= 11 is 0. The lowest BCUT2D eigenvalue weighted by atomic mass is 10.2. The first kappa shape index (κ1) is 17.7. The Kier molecular flexibility index (Phi) is 3.91. The number of ether oxygens (including phenoxy) is 3. The lowest BCUT2D eigenvalue weighted by molar-refractivity contribution is 0.0997. The van der Waals surface area contributed by atoms with Crippen molar-refractivity contribution in [1.29, 1.82) is 0 Å². The van der Waals surface area contributed by atoms with Crippen LogP contribution in [0.25, 0.3) is 28.2 Å². The van der Waals surface area contributed by atoms with E-state index in [9.17, 15) is 9.59 Å². The number of hydrogen-bond acceptors (Lipinski definition) is 7. The lowest BCUT2D eigenvalue weighted by Gasteiger charge is -2.08. The molecule has 0 unspecified atom stereocenters. The highest BCUT2D eigenvalue weighted by Crippen LogP contribution is 2.34. The fraction of sp³-hybridized carbons (Fsp3) is 0.100. The fourth-order valence-corrected chi connectivity index (χ4v) is 3.30. The molecular weight excluding hydrogens is 390 g/mol. The first-order valence-corrected chi connectivity index (χ1v) is 8.92. The summed E-state index contributed by atoms with van der Waals surface area (Å²) in [4.78, 5) is 36.2. The van der Waals surface area contributed by atoms with Gasteiger partial charge in [-0.2, -0.15) is 0 Å². The number of aromatic nitrogens is 4. The second-order valence-corrected chi connectivity index (χ2v) is 6.49. The maximum Gasteiger partial charge on any atom is 0.332 e. The van der Waals surface area contributed by atoms with E-state index >= 15 is 0 Å². The van der Waals surface area contributed by atoms with E-state index < -0.39 is 11.6 Å². The minimum Gasteiger partial charge on any atom is -0.497 e. The summed E-state index contributed by atoms with van der Waals surface area (Å²) in [6.45, 7) is 0.108. The summed E-state index contributed by atoms with van der Waals surface area (Å²) in [6.07, 6.45) is 0. The monoisotopic (exact) mass is 405 g/mol. The quantitative estimate of drug-likeness (QED) is 0.527. The van der Waals surface area contributed by atoms with Crippen molar-refractivity contribution in [3.63, 3.8) is 0 Å². The van der Waals surface area contributed by atoms with Crippen molar-refractivity contribution in [2.24, 2.45) is 5.73 Å². The molecule has 1 aliphatic rings. The number of rotatable bonds is 4. The van der Waals surface area contributed by atoms with Crippen LogP contribution >= 0.6 is 0 Å². The predicted molar refractivity (Wildman–Crippen MR) is 106 cm³/mol. The molecule has 0 spiro atoms. The number of nitrogens with one attached hydrogen (secondary N) is 1. The Balaban J connectivity index is 1.75. The van der Waals surface area contributed by atoms with Crippen LogP contribution in [0.5, 0.6) is 17.2 Å². The standard InChI is InChI=1S/C20H15N5O5/c1-28-12-5-2-10(3-6-12)18-22-15(17(21)26)16-19(24-18)25(20(27)23-16)11-4-7-13-14(8-11)30-9-29-13/h2-8H,9H2,1H3,(H2,21,26)(H,23,27). The van der Waals surface area contributed by atoms with Crippen LogP contribution in [0.4, 0.5) is 0 Å². The normalized spacial score (nSPS) is 12.3. The van der Waals surface area contributed by atoms with Gasteiger partial charge in [0.25, 0.3) is 5.91 Å². The Morgan fingerprint density at radius 2 is 1.90 bits per heavy atom. The number of H-pyrrole nitrogens is 1.